The lowest BCUT2D eigenvalue weighted by Crippen LogP contribution is -2.16. The van der Waals surface area contributed by atoms with E-state index in [0.29, 0.717) is 22.2 Å². The predicted molar refractivity (Wildman–Crippen MR) is 83.8 cm³/mol. The van der Waals surface area contributed by atoms with Gasteiger partial charge in [0.1, 0.15) is 11.5 Å². The zero-order chi connectivity index (χ0) is 15.9. The first kappa shape index (κ1) is 15.9. The molecule has 1 heterocycles. The topological polar surface area (TPSA) is 93.3 Å². The van der Waals surface area contributed by atoms with Crippen molar-refractivity contribution in [1.82, 2.24) is 9.97 Å². The van der Waals surface area contributed by atoms with Gasteiger partial charge < -0.3 is 19.8 Å². The Balaban J connectivity index is 2.01. The lowest BCUT2D eigenvalue weighted by Gasteiger charge is -2.11. The van der Waals surface area contributed by atoms with Crippen molar-refractivity contribution < 1.29 is 14.3 Å². The third-order valence-electron chi connectivity index (χ3n) is 2.69. The van der Waals surface area contributed by atoms with E-state index in [1.54, 1.807) is 31.4 Å². The Labute approximate surface area is 131 Å². The standard InChI is InChI=1S/C14H15N3O4S/c1-20-9-3-4-11(21-2)10(7-9)16-12(18)8-22-13-5-6-15-14(19)17-13/h3-7H,8H2,1-2H3,(H,16,18)(H,15,17,19). The Hall–Kier alpha value is -2.48. The van der Waals surface area contributed by atoms with Crippen LogP contribution in [0, 0.1) is 0 Å². The van der Waals surface area contributed by atoms with E-state index in [0.717, 1.165) is 0 Å². The Morgan fingerprint density at radius 3 is 2.82 bits per heavy atom. The Kier molecular flexibility index (Phi) is 5.42. The molecule has 0 atom stereocenters. The van der Waals surface area contributed by atoms with Crippen LogP contribution in [0.5, 0.6) is 11.5 Å². The SMILES string of the molecule is COc1ccc(OC)c(NC(=O)CSc2ccnc(=O)[nH]2)c1. The van der Waals surface area contributed by atoms with Crippen molar-refractivity contribution in [1.29, 1.82) is 0 Å². The fourth-order valence-corrected chi connectivity index (χ4v) is 2.35. The van der Waals surface area contributed by atoms with Gasteiger partial charge in [-0.3, -0.25) is 4.79 Å². The largest absolute Gasteiger partial charge is 0.497 e. The van der Waals surface area contributed by atoms with Crippen molar-refractivity contribution in [3.8, 4) is 11.5 Å². The Morgan fingerprint density at radius 2 is 2.14 bits per heavy atom. The van der Waals surface area contributed by atoms with Gasteiger partial charge in [-0.25, -0.2) is 9.78 Å². The number of amides is 1. The second-order valence-corrected chi connectivity index (χ2v) is 5.16. The van der Waals surface area contributed by atoms with Gasteiger partial charge in [-0.05, 0) is 18.2 Å². The normalized spacial score (nSPS) is 10.1. The minimum atomic E-state index is -0.445. The van der Waals surface area contributed by atoms with Crippen molar-refractivity contribution >= 4 is 23.4 Å². The van der Waals surface area contributed by atoms with Crippen LogP contribution in [0.3, 0.4) is 0 Å². The zero-order valence-corrected chi connectivity index (χ0v) is 12.9. The number of anilines is 1. The second-order valence-electron chi connectivity index (χ2n) is 4.14. The van der Waals surface area contributed by atoms with Gasteiger partial charge in [0.25, 0.3) is 0 Å². The quantitative estimate of drug-likeness (QED) is 0.619. The third kappa shape index (κ3) is 4.26. The van der Waals surface area contributed by atoms with E-state index in [2.05, 4.69) is 15.3 Å². The molecule has 0 unspecified atom stereocenters. The van der Waals surface area contributed by atoms with Crippen LogP contribution in [0.25, 0.3) is 0 Å². The number of aromatic amines is 1. The highest BCUT2D eigenvalue weighted by Crippen LogP contribution is 2.29. The highest BCUT2D eigenvalue weighted by Gasteiger charge is 2.10. The molecule has 0 bridgehead atoms. The Bertz CT molecular complexity index is 717. The fourth-order valence-electron chi connectivity index (χ4n) is 1.68. The zero-order valence-electron chi connectivity index (χ0n) is 12.1. The van der Waals surface area contributed by atoms with E-state index < -0.39 is 5.69 Å². The molecular weight excluding hydrogens is 306 g/mol. The minimum Gasteiger partial charge on any atom is -0.497 e. The van der Waals surface area contributed by atoms with Crippen LogP contribution >= 0.6 is 11.8 Å². The summed E-state index contributed by atoms with van der Waals surface area (Å²) in [6.07, 6.45) is 1.39. The number of aromatic nitrogens is 2. The van der Waals surface area contributed by atoms with Gasteiger partial charge in [0.2, 0.25) is 5.91 Å². The number of carbonyl (C=O) groups is 1. The maximum Gasteiger partial charge on any atom is 0.345 e. The predicted octanol–water partition coefficient (Wildman–Crippen LogP) is 1.52. The molecular formula is C14H15N3O4S. The average molecular weight is 321 g/mol. The number of hydrogen-bond acceptors (Lipinski definition) is 6. The molecule has 1 aromatic heterocycles. The molecule has 0 spiro atoms. The number of methoxy groups -OCH3 is 2. The summed E-state index contributed by atoms with van der Waals surface area (Å²) < 4.78 is 10.3. The highest BCUT2D eigenvalue weighted by atomic mass is 32.2. The molecule has 116 valence electrons. The first-order valence-corrected chi connectivity index (χ1v) is 7.31. The van der Waals surface area contributed by atoms with E-state index in [4.69, 9.17) is 9.47 Å². The fraction of sp³-hybridized carbons (Fsp3) is 0.214. The van der Waals surface area contributed by atoms with Gasteiger partial charge in [0.05, 0.1) is 30.7 Å². The summed E-state index contributed by atoms with van der Waals surface area (Å²) in [4.78, 5) is 29.1. The molecule has 2 aromatic rings. The van der Waals surface area contributed by atoms with Crippen LogP contribution in [-0.4, -0.2) is 35.8 Å². The van der Waals surface area contributed by atoms with Crippen molar-refractivity contribution in [3.05, 3.63) is 40.9 Å². The molecule has 0 fully saturated rings. The molecule has 0 aliphatic heterocycles. The van der Waals surface area contributed by atoms with Crippen molar-refractivity contribution in [3.63, 3.8) is 0 Å². The summed E-state index contributed by atoms with van der Waals surface area (Å²) in [5, 5.41) is 3.33. The van der Waals surface area contributed by atoms with E-state index in [9.17, 15) is 9.59 Å². The number of H-pyrrole nitrogens is 1. The number of thioether (sulfide) groups is 1. The van der Waals surface area contributed by atoms with Crippen LogP contribution < -0.4 is 20.5 Å². The van der Waals surface area contributed by atoms with Crippen molar-refractivity contribution in [2.24, 2.45) is 0 Å². The molecule has 22 heavy (non-hydrogen) atoms. The number of ether oxygens (including phenoxy) is 2. The molecule has 1 amide bonds. The molecule has 2 rings (SSSR count). The molecule has 7 nitrogen and oxygen atoms in total. The van der Waals surface area contributed by atoms with Gasteiger partial charge in [0.15, 0.2) is 0 Å². The number of carbonyl (C=O) groups excluding carboxylic acids is 1. The summed E-state index contributed by atoms with van der Waals surface area (Å²) in [5.74, 6) is 1.06. The molecule has 0 aliphatic carbocycles. The van der Waals surface area contributed by atoms with Crippen molar-refractivity contribution in [2.45, 2.75) is 5.03 Å². The lowest BCUT2D eigenvalue weighted by molar-refractivity contribution is -0.113. The molecule has 8 heteroatoms. The van der Waals surface area contributed by atoms with Crippen LogP contribution in [-0.2, 0) is 4.79 Å². The smallest absolute Gasteiger partial charge is 0.345 e. The van der Waals surface area contributed by atoms with Crippen LogP contribution in [0.4, 0.5) is 5.69 Å². The van der Waals surface area contributed by atoms with Crippen LogP contribution in [0.2, 0.25) is 0 Å². The van der Waals surface area contributed by atoms with Gasteiger partial charge in [-0.2, -0.15) is 0 Å². The first-order valence-electron chi connectivity index (χ1n) is 6.32. The maximum atomic E-state index is 12.0. The summed E-state index contributed by atoms with van der Waals surface area (Å²) in [7, 11) is 3.07. The highest BCUT2D eigenvalue weighted by molar-refractivity contribution is 7.99. The molecule has 2 N–H and O–H groups in total. The summed E-state index contributed by atoms with van der Waals surface area (Å²) in [5.41, 5.74) is 0.0792. The van der Waals surface area contributed by atoms with Crippen LogP contribution in [0.1, 0.15) is 0 Å². The van der Waals surface area contributed by atoms with E-state index >= 15 is 0 Å². The molecule has 0 saturated carbocycles. The molecule has 1 aromatic carbocycles. The number of benzene rings is 1. The van der Waals surface area contributed by atoms with Crippen LogP contribution in [0.15, 0.2) is 40.3 Å². The lowest BCUT2D eigenvalue weighted by atomic mass is 10.2. The number of nitrogens with one attached hydrogen (secondary N) is 2. The number of hydrogen-bond donors (Lipinski definition) is 2. The van der Waals surface area contributed by atoms with E-state index in [1.165, 1.54) is 25.1 Å². The number of nitrogens with zero attached hydrogens (tertiary/aromatic N) is 1. The first-order chi connectivity index (χ1) is 10.6. The Morgan fingerprint density at radius 1 is 1.32 bits per heavy atom. The number of rotatable bonds is 6. The van der Waals surface area contributed by atoms with Gasteiger partial charge in [-0.15, -0.1) is 0 Å². The molecule has 0 saturated heterocycles. The minimum absolute atomic E-state index is 0.139. The monoisotopic (exact) mass is 321 g/mol. The van der Waals surface area contributed by atoms with E-state index in [1.807, 2.05) is 0 Å². The molecule has 0 radical (unpaired) electrons. The van der Waals surface area contributed by atoms with Crippen molar-refractivity contribution in [2.75, 3.05) is 25.3 Å². The third-order valence-corrected chi connectivity index (χ3v) is 3.64. The summed E-state index contributed by atoms with van der Waals surface area (Å²) in [6.45, 7) is 0. The van der Waals surface area contributed by atoms with Gasteiger partial charge >= 0.3 is 5.69 Å². The summed E-state index contributed by atoms with van der Waals surface area (Å²) >= 11 is 1.21. The van der Waals surface area contributed by atoms with Gasteiger partial charge in [0, 0.05) is 12.3 Å². The summed E-state index contributed by atoms with van der Waals surface area (Å²) in [6, 6.07) is 6.76. The average Bonchev–Trinajstić information content (AvgIpc) is 2.53. The molecule has 0 aliphatic rings. The van der Waals surface area contributed by atoms with Gasteiger partial charge in [-0.1, -0.05) is 11.8 Å². The second kappa shape index (κ2) is 7.51. The maximum absolute atomic E-state index is 12.0. The van der Waals surface area contributed by atoms with E-state index in [-0.39, 0.29) is 11.7 Å².